The average molecular weight is 193 g/mol. The van der Waals surface area contributed by atoms with Crippen LogP contribution in [0.2, 0.25) is 0 Å². The SMILES string of the molecule is [2H]c1nc(OC([2H])[2H])c(Br)c([2H])c1[2H]. The van der Waals surface area contributed by atoms with Crippen LogP contribution >= 0.6 is 15.9 Å². The van der Waals surface area contributed by atoms with Gasteiger partial charge in [-0.2, -0.15) is 0 Å². The van der Waals surface area contributed by atoms with Crippen LogP contribution < -0.4 is 4.74 Å². The maximum atomic E-state index is 7.37. The van der Waals surface area contributed by atoms with Gasteiger partial charge in [-0.25, -0.2) is 4.98 Å². The topological polar surface area (TPSA) is 22.1 Å². The number of hydrogen-bond acceptors (Lipinski definition) is 2. The van der Waals surface area contributed by atoms with Crippen LogP contribution in [0.3, 0.4) is 0 Å². The molecule has 0 bridgehead atoms. The minimum absolute atomic E-state index is 0.0861. The van der Waals surface area contributed by atoms with E-state index in [0.29, 0.717) is 0 Å². The monoisotopic (exact) mass is 192 g/mol. The summed E-state index contributed by atoms with van der Waals surface area (Å²) in [7, 11) is -1.57. The van der Waals surface area contributed by atoms with Crippen molar-refractivity contribution in [3.05, 3.63) is 22.7 Å². The molecule has 0 aliphatic carbocycles. The van der Waals surface area contributed by atoms with E-state index in [0.717, 1.165) is 0 Å². The van der Waals surface area contributed by atoms with Crippen molar-refractivity contribution < 1.29 is 11.6 Å². The van der Waals surface area contributed by atoms with E-state index in [4.69, 9.17) is 6.85 Å². The van der Waals surface area contributed by atoms with Gasteiger partial charge in [0.1, 0.15) is 0 Å². The molecule has 9 heavy (non-hydrogen) atoms. The summed E-state index contributed by atoms with van der Waals surface area (Å²) in [6, 6.07) is -0.559. The van der Waals surface area contributed by atoms with Crippen molar-refractivity contribution >= 4 is 15.9 Å². The lowest BCUT2D eigenvalue weighted by Gasteiger charge is -1.97. The molecular weight excluding hydrogens is 182 g/mol. The highest BCUT2D eigenvalue weighted by Gasteiger charge is 1.95. The summed E-state index contributed by atoms with van der Waals surface area (Å²) in [6.07, 6.45) is -0.408. The Hall–Kier alpha value is -0.570. The first kappa shape index (κ1) is 2.58. The summed E-state index contributed by atoms with van der Waals surface area (Å²) in [5, 5.41) is 0. The molecule has 0 unspecified atom stereocenters. The first-order valence-electron chi connectivity index (χ1n) is 4.73. The predicted octanol–water partition coefficient (Wildman–Crippen LogP) is 1.85. The molecule has 0 aliphatic heterocycles. The van der Waals surface area contributed by atoms with Crippen molar-refractivity contribution in [3.8, 4) is 5.88 Å². The van der Waals surface area contributed by atoms with Crippen LogP contribution in [0, 0.1) is 0 Å². The minimum Gasteiger partial charge on any atom is -0.480 e. The molecule has 0 N–H and O–H groups in total. The summed E-state index contributed by atoms with van der Waals surface area (Å²) in [5.74, 6) is -0.175. The van der Waals surface area contributed by atoms with Crippen LogP contribution in [0.5, 0.6) is 5.88 Å². The van der Waals surface area contributed by atoms with Gasteiger partial charge in [-0.3, -0.25) is 0 Å². The van der Waals surface area contributed by atoms with Crippen molar-refractivity contribution in [1.82, 2.24) is 4.98 Å². The summed E-state index contributed by atoms with van der Waals surface area (Å²) in [4.78, 5) is 3.52. The summed E-state index contributed by atoms with van der Waals surface area (Å²) >= 11 is 2.95. The van der Waals surface area contributed by atoms with Gasteiger partial charge in [0.05, 0.1) is 18.4 Å². The molecule has 3 heteroatoms. The molecule has 0 aromatic carbocycles. The number of pyridine rings is 1. The minimum atomic E-state index is -1.57. The number of rotatable bonds is 1. The van der Waals surface area contributed by atoms with Crippen molar-refractivity contribution in [2.24, 2.45) is 0 Å². The molecule has 0 aliphatic rings. The average Bonchev–Trinajstić information content (AvgIpc) is 2.10. The predicted molar refractivity (Wildman–Crippen MR) is 38.5 cm³/mol. The van der Waals surface area contributed by atoms with E-state index in [9.17, 15) is 0 Å². The second-order valence-corrected chi connectivity index (χ2v) is 2.00. The maximum Gasteiger partial charge on any atom is 0.227 e. The Morgan fingerprint density at radius 2 is 2.89 bits per heavy atom. The second-order valence-electron chi connectivity index (χ2n) is 1.21. The molecule has 2 nitrogen and oxygen atoms in total. The number of aromatic nitrogens is 1. The number of nitrogens with zero attached hydrogens (tertiary/aromatic N) is 1. The molecule has 0 spiro atoms. The molecule has 0 amide bonds. The van der Waals surface area contributed by atoms with Crippen LogP contribution in [-0.4, -0.2) is 12.0 Å². The third-order valence-corrected chi connectivity index (χ3v) is 1.22. The Morgan fingerprint density at radius 3 is 3.67 bits per heavy atom. The molecule has 0 atom stereocenters. The highest BCUT2D eigenvalue weighted by Crippen LogP contribution is 2.19. The third-order valence-electron chi connectivity index (χ3n) is 0.685. The molecule has 1 aromatic heterocycles. The largest absolute Gasteiger partial charge is 0.480 e. The fourth-order valence-corrected chi connectivity index (χ4v) is 0.623. The molecular formula is C6H6BrNO. The van der Waals surface area contributed by atoms with E-state index in [1.165, 1.54) is 0 Å². The highest BCUT2D eigenvalue weighted by atomic mass is 79.9. The zero-order valence-corrected chi connectivity index (χ0v) is 5.90. The molecule has 0 saturated heterocycles. The summed E-state index contributed by atoms with van der Waals surface area (Å²) in [5.41, 5.74) is 0. The van der Waals surface area contributed by atoms with Crippen molar-refractivity contribution in [2.75, 3.05) is 7.06 Å². The van der Waals surface area contributed by atoms with Crippen LogP contribution in [0.15, 0.2) is 22.7 Å². The third kappa shape index (κ3) is 1.42. The van der Waals surface area contributed by atoms with E-state index in [1.807, 2.05) is 0 Å². The zero-order valence-electron chi connectivity index (χ0n) is 9.31. The van der Waals surface area contributed by atoms with E-state index in [1.54, 1.807) is 0 Å². The van der Waals surface area contributed by atoms with E-state index >= 15 is 0 Å². The van der Waals surface area contributed by atoms with Gasteiger partial charge >= 0.3 is 0 Å². The van der Waals surface area contributed by atoms with Crippen LogP contribution in [-0.2, 0) is 0 Å². The van der Waals surface area contributed by atoms with Gasteiger partial charge < -0.3 is 4.74 Å². The van der Waals surface area contributed by atoms with Crippen LogP contribution in [0.25, 0.3) is 0 Å². The zero-order chi connectivity index (χ0) is 10.9. The highest BCUT2D eigenvalue weighted by molar-refractivity contribution is 9.10. The number of halogens is 1. The Labute approximate surface area is 69.0 Å². The van der Waals surface area contributed by atoms with Crippen molar-refractivity contribution in [3.63, 3.8) is 0 Å². The molecule has 0 radical (unpaired) electrons. The fraction of sp³-hybridized carbons (Fsp3) is 0.167. The second kappa shape index (κ2) is 2.82. The smallest absolute Gasteiger partial charge is 0.227 e. The molecule has 0 fully saturated rings. The molecule has 0 saturated carbocycles. The Balaban J connectivity index is 3.19. The van der Waals surface area contributed by atoms with E-state index in [-0.39, 0.29) is 22.4 Å². The lowest BCUT2D eigenvalue weighted by atomic mass is 10.5. The molecule has 48 valence electrons. The summed E-state index contributed by atoms with van der Waals surface area (Å²) in [6.45, 7) is 0. The first-order chi connectivity index (χ1) is 6.43. The lowest BCUT2D eigenvalue weighted by Crippen LogP contribution is -1.86. The quantitative estimate of drug-likeness (QED) is 0.678. The number of ether oxygens (including phenoxy) is 1. The van der Waals surface area contributed by atoms with Gasteiger partial charge in [-0.15, -0.1) is 0 Å². The van der Waals surface area contributed by atoms with Crippen molar-refractivity contribution in [2.45, 2.75) is 0 Å². The van der Waals surface area contributed by atoms with Gasteiger partial charge in [-0.05, 0) is 28.0 Å². The Morgan fingerprint density at radius 1 is 2.00 bits per heavy atom. The number of methoxy groups -OCH3 is 1. The van der Waals surface area contributed by atoms with Gasteiger partial charge in [0, 0.05) is 6.17 Å². The van der Waals surface area contributed by atoms with Crippen molar-refractivity contribution in [1.29, 1.82) is 0 Å². The van der Waals surface area contributed by atoms with Gasteiger partial charge in [0.25, 0.3) is 0 Å². The molecule has 1 aromatic rings. The lowest BCUT2D eigenvalue weighted by molar-refractivity contribution is 0.395. The normalized spacial score (nSPS) is 17.3. The van der Waals surface area contributed by atoms with Crippen LogP contribution in [0.4, 0.5) is 0 Å². The first-order valence-corrected chi connectivity index (χ1v) is 2.87. The van der Waals surface area contributed by atoms with Gasteiger partial charge in [-0.1, -0.05) is 0 Å². The number of hydrogen-bond donors (Lipinski definition) is 0. The maximum absolute atomic E-state index is 7.37. The van der Waals surface area contributed by atoms with Crippen LogP contribution in [0.1, 0.15) is 6.85 Å². The van der Waals surface area contributed by atoms with Gasteiger partial charge in [0.15, 0.2) is 0 Å². The fourth-order valence-electron chi connectivity index (χ4n) is 0.342. The van der Waals surface area contributed by atoms with E-state index < -0.39 is 13.2 Å². The summed E-state index contributed by atoms with van der Waals surface area (Å²) < 4.78 is 40.2. The molecule has 1 heterocycles. The van der Waals surface area contributed by atoms with Gasteiger partial charge in [0.2, 0.25) is 5.88 Å². The Bertz CT molecular complexity index is 359. The Kier molecular flexibility index (Phi) is 0.810. The standard InChI is InChI=1S/C6H6BrNO/c1-9-6-5(7)3-2-4-8-6/h2-4H,1H3/i1D2,2D,3D,4D. The van der Waals surface area contributed by atoms with E-state index in [2.05, 4.69) is 25.7 Å². The molecule has 1 rings (SSSR count).